The number of hydrogen-bond donors (Lipinski definition) is 4. The van der Waals surface area contributed by atoms with Crippen molar-refractivity contribution in [1.29, 1.82) is 0 Å². The van der Waals surface area contributed by atoms with Crippen LogP contribution in [0.25, 0.3) is 11.0 Å². The third-order valence-electron chi connectivity index (χ3n) is 3.45. The zero-order valence-electron chi connectivity index (χ0n) is 10.9. The van der Waals surface area contributed by atoms with Crippen LogP contribution in [0.3, 0.4) is 0 Å². The number of rotatable bonds is 3. The van der Waals surface area contributed by atoms with Crippen molar-refractivity contribution in [1.82, 2.24) is 25.9 Å². The second-order valence-electron chi connectivity index (χ2n) is 4.85. The molecule has 2 aromatic heterocycles. The quantitative estimate of drug-likeness (QED) is 0.690. The number of carbonyl (C=O) groups excluding carboxylic acids is 1. The molecule has 0 radical (unpaired) electrons. The molecule has 0 spiro atoms. The number of carbonyl (C=O) groups is 1. The smallest absolute Gasteiger partial charge is 0.315 e. The second-order valence-corrected chi connectivity index (χ2v) is 5.25. The van der Waals surface area contributed by atoms with E-state index in [-0.39, 0.29) is 12.1 Å². The molecule has 1 saturated heterocycles. The van der Waals surface area contributed by atoms with Gasteiger partial charge in [-0.3, -0.25) is 0 Å². The summed E-state index contributed by atoms with van der Waals surface area (Å²) in [6, 6.07) is 1.91. The number of aromatic nitrogens is 2. The lowest BCUT2D eigenvalue weighted by Gasteiger charge is -2.12. The normalized spacial score (nSPS) is 18.4. The van der Waals surface area contributed by atoms with E-state index in [0.717, 1.165) is 36.1 Å². The average molecular weight is 294 g/mol. The van der Waals surface area contributed by atoms with Gasteiger partial charge in [0.05, 0.1) is 5.02 Å². The lowest BCUT2D eigenvalue weighted by atomic mass is 10.2. The molecule has 2 amide bonds. The molecule has 4 N–H and O–H groups in total. The molecule has 6 nitrogen and oxygen atoms in total. The van der Waals surface area contributed by atoms with Gasteiger partial charge in [-0.25, -0.2) is 9.78 Å². The summed E-state index contributed by atoms with van der Waals surface area (Å²) in [6.45, 7) is 2.20. The van der Waals surface area contributed by atoms with E-state index >= 15 is 0 Å². The van der Waals surface area contributed by atoms with Crippen LogP contribution in [0.1, 0.15) is 12.0 Å². The number of urea groups is 1. The van der Waals surface area contributed by atoms with Gasteiger partial charge in [0.1, 0.15) is 5.65 Å². The third-order valence-corrected chi connectivity index (χ3v) is 3.74. The van der Waals surface area contributed by atoms with Gasteiger partial charge in [0.25, 0.3) is 0 Å². The number of nitrogens with zero attached hydrogens (tertiary/aromatic N) is 1. The summed E-state index contributed by atoms with van der Waals surface area (Å²) < 4.78 is 0. The zero-order chi connectivity index (χ0) is 13.9. The third kappa shape index (κ3) is 2.71. The molecule has 1 aliphatic heterocycles. The van der Waals surface area contributed by atoms with Crippen LogP contribution >= 0.6 is 11.6 Å². The number of nitrogens with one attached hydrogen (secondary N) is 4. The maximum atomic E-state index is 11.8. The van der Waals surface area contributed by atoms with Gasteiger partial charge < -0.3 is 20.9 Å². The van der Waals surface area contributed by atoms with Gasteiger partial charge >= 0.3 is 6.03 Å². The Morgan fingerprint density at radius 3 is 3.25 bits per heavy atom. The molecule has 0 bridgehead atoms. The van der Waals surface area contributed by atoms with E-state index in [4.69, 9.17) is 11.6 Å². The van der Waals surface area contributed by atoms with E-state index in [1.807, 2.05) is 6.07 Å². The van der Waals surface area contributed by atoms with Crippen LogP contribution in [-0.2, 0) is 6.54 Å². The number of fused-ring (bicyclic) bond motifs is 1. The predicted octanol–water partition coefficient (Wildman–Crippen LogP) is 1.38. The minimum Gasteiger partial charge on any atom is -0.345 e. The standard InChI is InChI=1S/C13H16ClN5O/c14-10-7-17-12-11(10)8(1-4-16-12)5-18-13(20)19-9-2-3-15-6-9/h1,4,7,9,15H,2-3,5-6H2,(H,16,17)(H2,18,19,20). The molecule has 1 unspecified atom stereocenters. The van der Waals surface area contributed by atoms with Gasteiger partial charge in [-0.1, -0.05) is 11.6 Å². The van der Waals surface area contributed by atoms with E-state index < -0.39 is 0 Å². The zero-order valence-corrected chi connectivity index (χ0v) is 11.6. The predicted molar refractivity (Wildman–Crippen MR) is 77.7 cm³/mol. The van der Waals surface area contributed by atoms with Crippen molar-refractivity contribution in [2.45, 2.75) is 19.0 Å². The molecule has 20 heavy (non-hydrogen) atoms. The number of amides is 2. The largest absolute Gasteiger partial charge is 0.345 e. The summed E-state index contributed by atoms with van der Waals surface area (Å²) in [4.78, 5) is 19.0. The van der Waals surface area contributed by atoms with E-state index in [1.165, 1.54) is 0 Å². The molecule has 3 rings (SSSR count). The summed E-state index contributed by atoms with van der Waals surface area (Å²) in [5, 5.41) is 10.5. The first-order valence-electron chi connectivity index (χ1n) is 6.59. The molecule has 3 heterocycles. The monoisotopic (exact) mass is 293 g/mol. The molecule has 1 fully saturated rings. The number of pyridine rings is 1. The molecule has 0 aromatic carbocycles. The van der Waals surface area contributed by atoms with Crippen molar-refractivity contribution >= 4 is 28.7 Å². The Morgan fingerprint density at radius 2 is 2.45 bits per heavy atom. The Hall–Kier alpha value is -1.79. The number of halogens is 1. The lowest BCUT2D eigenvalue weighted by Crippen LogP contribution is -2.42. The molecular formula is C13H16ClN5O. The van der Waals surface area contributed by atoms with E-state index in [2.05, 4.69) is 25.9 Å². The summed E-state index contributed by atoms with van der Waals surface area (Å²) in [7, 11) is 0. The van der Waals surface area contributed by atoms with Crippen molar-refractivity contribution in [3.05, 3.63) is 29.0 Å². The Balaban J connectivity index is 1.64. The van der Waals surface area contributed by atoms with E-state index in [9.17, 15) is 4.79 Å². The first-order valence-corrected chi connectivity index (χ1v) is 6.97. The summed E-state index contributed by atoms with van der Waals surface area (Å²) in [5.74, 6) is 0. The van der Waals surface area contributed by atoms with Crippen LogP contribution in [0.4, 0.5) is 4.79 Å². The van der Waals surface area contributed by atoms with Gasteiger partial charge in [-0.05, 0) is 24.6 Å². The summed E-state index contributed by atoms with van der Waals surface area (Å²) >= 11 is 6.12. The van der Waals surface area contributed by atoms with Crippen molar-refractivity contribution in [3.63, 3.8) is 0 Å². The van der Waals surface area contributed by atoms with Crippen LogP contribution in [0, 0.1) is 0 Å². The molecule has 1 aliphatic rings. The maximum absolute atomic E-state index is 11.8. The molecule has 1 atom stereocenters. The van der Waals surface area contributed by atoms with Crippen molar-refractivity contribution < 1.29 is 4.79 Å². The van der Waals surface area contributed by atoms with Gasteiger partial charge in [0.2, 0.25) is 0 Å². The minimum atomic E-state index is -0.157. The molecule has 0 aliphatic carbocycles. The minimum absolute atomic E-state index is 0.157. The van der Waals surface area contributed by atoms with E-state index in [0.29, 0.717) is 11.6 Å². The topological polar surface area (TPSA) is 81.8 Å². The summed E-state index contributed by atoms with van der Waals surface area (Å²) in [5.41, 5.74) is 1.68. The van der Waals surface area contributed by atoms with Crippen LogP contribution in [0.5, 0.6) is 0 Å². The fourth-order valence-corrected chi connectivity index (χ4v) is 2.68. The van der Waals surface area contributed by atoms with Crippen molar-refractivity contribution in [2.75, 3.05) is 13.1 Å². The molecule has 0 saturated carbocycles. The molecular weight excluding hydrogens is 278 g/mol. The lowest BCUT2D eigenvalue weighted by molar-refractivity contribution is 0.237. The highest BCUT2D eigenvalue weighted by Gasteiger charge is 2.16. The Bertz CT molecular complexity index is 620. The van der Waals surface area contributed by atoms with Gasteiger partial charge in [-0.2, -0.15) is 0 Å². The fraction of sp³-hybridized carbons (Fsp3) is 0.385. The van der Waals surface area contributed by atoms with Gasteiger partial charge in [-0.15, -0.1) is 0 Å². The number of hydrogen-bond acceptors (Lipinski definition) is 3. The first-order chi connectivity index (χ1) is 9.74. The fourth-order valence-electron chi connectivity index (χ4n) is 2.42. The molecule has 106 valence electrons. The summed E-state index contributed by atoms with van der Waals surface area (Å²) in [6.07, 6.45) is 4.37. The van der Waals surface area contributed by atoms with Crippen molar-refractivity contribution in [3.8, 4) is 0 Å². The SMILES string of the molecule is O=C(NCc1ccnc2[nH]cc(Cl)c12)NC1CCNC1. The Kier molecular flexibility index (Phi) is 3.75. The highest BCUT2D eigenvalue weighted by atomic mass is 35.5. The van der Waals surface area contributed by atoms with E-state index in [1.54, 1.807) is 12.4 Å². The second kappa shape index (κ2) is 5.68. The maximum Gasteiger partial charge on any atom is 0.315 e. The average Bonchev–Trinajstić information content (AvgIpc) is 3.07. The van der Waals surface area contributed by atoms with Crippen LogP contribution < -0.4 is 16.0 Å². The van der Waals surface area contributed by atoms with Crippen LogP contribution in [0.15, 0.2) is 18.5 Å². The van der Waals surface area contributed by atoms with Gasteiger partial charge in [0.15, 0.2) is 0 Å². The van der Waals surface area contributed by atoms with Crippen LogP contribution in [0.2, 0.25) is 5.02 Å². The van der Waals surface area contributed by atoms with Crippen molar-refractivity contribution in [2.24, 2.45) is 0 Å². The number of aromatic amines is 1. The Morgan fingerprint density at radius 1 is 1.55 bits per heavy atom. The van der Waals surface area contributed by atoms with Crippen LogP contribution in [-0.4, -0.2) is 35.1 Å². The number of H-pyrrole nitrogens is 1. The first kappa shape index (κ1) is 13.2. The molecule has 2 aromatic rings. The Labute approximate surface area is 121 Å². The molecule has 7 heteroatoms. The highest BCUT2D eigenvalue weighted by molar-refractivity contribution is 6.35. The highest BCUT2D eigenvalue weighted by Crippen LogP contribution is 2.24. The van der Waals surface area contributed by atoms with Gasteiger partial charge in [0, 0.05) is 36.9 Å².